The Bertz CT molecular complexity index is 522. The Hall–Kier alpha value is -1.78. The van der Waals surface area contributed by atoms with Crippen LogP contribution >= 0.6 is 0 Å². The quantitative estimate of drug-likeness (QED) is 0.926. The first-order valence-electron chi connectivity index (χ1n) is 7.67. The predicted molar refractivity (Wildman–Crippen MR) is 80.1 cm³/mol. The molecule has 1 N–H and O–H groups in total. The van der Waals surface area contributed by atoms with Crippen LogP contribution in [-0.2, 0) is 4.79 Å². The smallest absolute Gasteiger partial charge is 0.257 e. The minimum Gasteiger partial charge on any atom is -0.466 e. The van der Waals surface area contributed by atoms with Gasteiger partial charge in [0.15, 0.2) is 0 Å². The first-order valence-corrected chi connectivity index (χ1v) is 7.67. The third-order valence-corrected chi connectivity index (χ3v) is 3.90. The fourth-order valence-corrected chi connectivity index (χ4v) is 2.78. The lowest BCUT2D eigenvalue weighted by Crippen LogP contribution is -2.45. The van der Waals surface area contributed by atoms with Crippen molar-refractivity contribution in [3.8, 4) is 0 Å². The van der Waals surface area contributed by atoms with Gasteiger partial charge in [0.25, 0.3) is 5.91 Å². The summed E-state index contributed by atoms with van der Waals surface area (Å²) in [4.78, 5) is 26.4. The minimum atomic E-state index is -0.0949. The van der Waals surface area contributed by atoms with Crippen molar-refractivity contribution in [2.75, 3.05) is 19.6 Å². The zero-order valence-electron chi connectivity index (χ0n) is 13.1. The van der Waals surface area contributed by atoms with Crippen LogP contribution in [0.1, 0.15) is 48.1 Å². The predicted octanol–water partition coefficient (Wildman–Crippen LogP) is 2.27. The molecule has 1 aliphatic rings. The summed E-state index contributed by atoms with van der Waals surface area (Å²) in [6.07, 6.45) is 2.64. The van der Waals surface area contributed by atoms with E-state index >= 15 is 0 Å². The number of nitrogens with one attached hydrogen (secondary N) is 1. The van der Waals surface area contributed by atoms with Crippen LogP contribution in [0.15, 0.2) is 10.5 Å². The molecule has 0 aromatic carbocycles. The highest BCUT2D eigenvalue weighted by molar-refractivity contribution is 5.95. The van der Waals surface area contributed by atoms with Gasteiger partial charge in [-0.15, -0.1) is 0 Å². The van der Waals surface area contributed by atoms with E-state index in [0.29, 0.717) is 31.0 Å². The van der Waals surface area contributed by atoms with Crippen LogP contribution in [0.5, 0.6) is 0 Å². The largest absolute Gasteiger partial charge is 0.466 e. The second kappa shape index (κ2) is 6.78. The Balaban J connectivity index is 2.02. The van der Waals surface area contributed by atoms with Gasteiger partial charge in [0.05, 0.1) is 11.5 Å². The second-order valence-electron chi connectivity index (χ2n) is 5.71. The van der Waals surface area contributed by atoms with Crippen molar-refractivity contribution in [1.29, 1.82) is 0 Å². The first kappa shape index (κ1) is 15.6. The molecule has 0 saturated carbocycles. The monoisotopic (exact) mass is 292 g/mol. The van der Waals surface area contributed by atoms with Gasteiger partial charge in [0, 0.05) is 19.6 Å². The summed E-state index contributed by atoms with van der Waals surface area (Å²) in [7, 11) is 0. The van der Waals surface area contributed by atoms with Gasteiger partial charge in [0.1, 0.15) is 11.5 Å². The lowest BCUT2D eigenvalue weighted by Gasteiger charge is -2.32. The molecule has 2 amide bonds. The number of rotatable bonds is 4. The number of hydrogen-bond donors (Lipinski definition) is 1. The summed E-state index contributed by atoms with van der Waals surface area (Å²) in [5, 5.41) is 2.92. The highest BCUT2D eigenvalue weighted by atomic mass is 16.3. The molecule has 1 aliphatic heterocycles. The molecule has 0 radical (unpaired) electrons. The summed E-state index contributed by atoms with van der Waals surface area (Å²) < 4.78 is 5.43. The maximum absolute atomic E-state index is 12.6. The fourth-order valence-electron chi connectivity index (χ4n) is 2.78. The molecule has 1 aromatic rings. The van der Waals surface area contributed by atoms with Crippen LogP contribution in [0.3, 0.4) is 0 Å². The molecule has 116 valence electrons. The molecule has 5 heteroatoms. The molecule has 2 heterocycles. The fraction of sp³-hybridized carbons (Fsp3) is 0.625. The highest BCUT2D eigenvalue weighted by Crippen LogP contribution is 2.21. The van der Waals surface area contributed by atoms with Crippen molar-refractivity contribution in [3.05, 3.63) is 23.2 Å². The Morgan fingerprint density at radius 1 is 1.43 bits per heavy atom. The standard InChI is InChI=1S/C16H24N2O3/c1-4-7-17-15(19)13-6-5-8-18(10-13)16(20)14-9-11(2)21-12(14)3/h9,13H,4-8,10H2,1-3H3,(H,17,19). The number of aryl methyl sites for hydroxylation is 2. The van der Waals surface area contributed by atoms with Crippen LogP contribution in [0.25, 0.3) is 0 Å². The first-order chi connectivity index (χ1) is 10.0. The van der Waals surface area contributed by atoms with Gasteiger partial charge in [0.2, 0.25) is 5.91 Å². The van der Waals surface area contributed by atoms with E-state index < -0.39 is 0 Å². The average Bonchev–Trinajstić information content (AvgIpc) is 2.82. The van der Waals surface area contributed by atoms with E-state index in [2.05, 4.69) is 5.32 Å². The third kappa shape index (κ3) is 3.65. The molecule has 0 bridgehead atoms. The summed E-state index contributed by atoms with van der Waals surface area (Å²) in [6, 6.07) is 1.78. The molecule has 21 heavy (non-hydrogen) atoms. The lowest BCUT2D eigenvalue weighted by atomic mass is 9.96. The molecule has 1 fully saturated rings. The van der Waals surface area contributed by atoms with Crippen molar-refractivity contribution < 1.29 is 14.0 Å². The molecule has 0 aliphatic carbocycles. The van der Waals surface area contributed by atoms with Crippen molar-refractivity contribution >= 4 is 11.8 Å². The maximum Gasteiger partial charge on any atom is 0.257 e. The summed E-state index contributed by atoms with van der Waals surface area (Å²) in [6.45, 7) is 7.57. The Labute approximate surface area is 125 Å². The number of likely N-dealkylation sites (tertiary alicyclic amines) is 1. The van der Waals surface area contributed by atoms with E-state index in [9.17, 15) is 9.59 Å². The normalized spacial score (nSPS) is 18.6. The molecule has 0 spiro atoms. The second-order valence-corrected chi connectivity index (χ2v) is 5.71. The van der Waals surface area contributed by atoms with Crippen LogP contribution in [0, 0.1) is 19.8 Å². The van der Waals surface area contributed by atoms with Gasteiger partial charge in [-0.2, -0.15) is 0 Å². The van der Waals surface area contributed by atoms with Crippen LogP contribution in [-0.4, -0.2) is 36.3 Å². The van der Waals surface area contributed by atoms with Gasteiger partial charge in [-0.25, -0.2) is 0 Å². The summed E-state index contributed by atoms with van der Waals surface area (Å²) >= 11 is 0. The van der Waals surface area contributed by atoms with Crippen LogP contribution < -0.4 is 5.32 Å². The van der Waals surface area contributed by atoms with Crippen molar-refractivity contribution in [2.45, 2.75) is 40.0 Å². The molecule has 5 nitrogen and oxygen atoms in total. The van der Waals surface area contributed by atoms with Gasteiger partial charge in [-0.1, -0.05) is 6.92 Å². The number of furan rings is 1. The van der Waals surface area contributed by atoms with Crippen molar-refractivity contribution in [3.63, 3.8) is 0 Å². The molecule has 1 aromatic heterocycles. The van der Waals surface area contributed by atoms with E-state index in [1.54, 1.807) is 17.9 Å². The SMILES string of the molecule is CCCNC(=O)C1CCCN(C(=O)c2cc(C)oc2C)C1. The number of piperidine rings is 1. The Kier molecular flexibility index (Phi) is 5.04. The highest BCUT2D eigenvalue weighted by Gasteiger charge is 2.29. The molecule has 1 atom stereocenters. The molecule has 1 unspecified atom stereocenters. The Morgan fingerprint density at radius 2 is 2.19 bits per heavy atom. The number of carbonyl (C=O) groups is 2. The molecule has 2 rings (SSSR count). The zero-order chi connectivity index (χ0) is 15.4. The topological polar surface area (TPSA) is 62.6 Å². The summed E-state index contributed by atoms with van der Waals surface area (Å²) in [5.74, 6) is 1.33. The third-order valence-electron chi connectivity index (χ3n) is 3.90. The van der Waals surface area contributed by atoms with Crippen LogP contribution in [0.2, 0.25) is 0 Å². The Morgan fingerprint density at radius 3 is 2.81 bits per heavy atom. The van der Waals surface area contributed by atoms with Crippen molar-refractivity contribution in [2.24, 2.45) is 5.92 Å². The number of hydrogen-bond acceptors (Lipinski definition) is 3. The van der Waals surface area contributed by atoms with E-state index in [1.165, 1.54) is 0 Å². The minimum absolute atomic E-state index is 0.0302. The maximum atomic E-state index is 12.6. The van der Waals surface area contributed by atoms with E-state index in [0.717, 1.165) is 25.0 Å². The number of amides is 2. The number of carbonyl (C=O) groups excluding carboxylic acids is 2. The molecule has 1 saturated heterocycles. The van der Waals surface area contributed by atoms with Gasteiger partial charge in [-0.05, 0) is 39.2 Å². The average molecular weight is 292 g/mol. The van der Waals surface area contributed by atoms with E-state index in [4.69, 9.17) is 4.42 Å². The van der Waals surface area contributed by atoms with E-state index in [1.807, 2.05) is 13.8 Å². The van der Waals surface area contributed by atoms with Gasteiger partial charge < -0.3 is 14.6 Å². The van der Waals surface area contributed by atoms with Crippen molar-refractivity contribution in [1.82, 2.24) is 10.2 Å². The zero-order valence-corrected chi connectivity index (χ0v) is 13.1. The van der Waals surface area contributed by atoms with Crippen LogP contribution in [0.4, 0.5) is 0 Å². The molecular weight excluding hydrogens is 268 g/mol. The number of nitrogens with zero attached hydrogens (tertiary/aromatic N) is 1. The van der Waals surface area contributed by atoms with Gasteiger partial charge >= 0.3 is 0 Å². The van der Waals surface area contributed by atoms with Gasteiger partial charge in [-0.3, -0.25) is 9.59 Å². The van der Waals surface area contributed by atoms with E-state index in [-0.39, 0.29) is 17.7 Å². The lowest BCUT2D eigenvalue weighted by molar-refractivity contribution is -0.126. The summed E-state index contributed by atoms with van der Waals surface area (Å²) in [5.41, 5.74) is 0.613. The molecular formula is C16H24N2O3.